The van der Waals surface area contributed by atoms with Gasteiger partial charge in [-0.3, -0.25) is 24.0 Å². The fourth-order valence-electron chi connectivity index (χ4n) is 3.00. The normalized spacial score (nSPS) is 29.9. The molecule has 2 amide bonds. The maximum Gasteiger partial charge on any atom is 0.303 e. The summed E-state index contributed by atoms with van der Waals surface area (Å²) >= 11 is 0. The maximum absolute atomic E-state index is 11.6. The van der Waals surface area contributed by atoms with Gasteiger partial charge >= 0.3 is 17.9 Å². The SMILES string of the molecule is CC(=O)N[C@@H]1C(O)[C@H](NC(C)=O)[C@H](OC(C)=O)C(OC(C)=O)[C@@H]1OC(C)=O. The third-order valence-electron chi connectivity index (χ3n) is 3.74. The average molecular weight is 388 g/mol. The van der Waals surface area contributed by atoms with E-state index < -0.39 is 66.2 Å². The molecule has 0 aromatic rings. The molecule has 1 aliphatic carbocycles. The zero-order valence-electron chi connectivity index (χ0n) is 15.7. The molecule has 3 N–H and O–H groups in total. The summed E-state index contributed by atoms with van der Waals surface area (Å²) in [6.07, 6.45) is -5.62. The highest BCUT2D eigenvalue weighted by Crippen LogP contribution is 2.29. The third-order valence-corrected chi connectivity index (χ3v) is 3.74. The number of ether oxygens (including phenoxy) is 3. The molecule has 0 heterocycles. The van der Waals surface area contributed by atoms with Crippen molar-refractivity contribution < 1.29 is 43.3 Å². The number of hydrogen-bond donors (Lipinski definition) is 3. The van der Waals surface area contributed by atoms with Crippen LogP contribution >= 0.6 is 0 Å². The molecule has 11 nitrogen and oxygen atoms in total. The van der Waals surface area contributed by atoms with Gasteiger partial charge in [0.15, 0.2) is 18.3 Å². The summed E-state index contributed by atoms with van der Waals surface area (Å²) in [4.78, 5) is 57.8. The summed E-state index contributed by atoms with van der Waals surface area (Å²) in [6.45, 7) is 5.60. The summed E-state index contributed by atoms with van der Waals surface area (Å²) in [5, 5.41) is 15.5. The largest absolute Gasteiger partial charge is 0.456 e. The molecular weight excluding hydrogens is 364 g/mol. The first-order valence-electron chi connectivity index (χ1n) is 8.18. The number of carbonyl (C=O) groups is 5. The molecule has 0 radical (unpaired) electrons. The van der Waals surface area contributed by atoms with Crippen LogP contribution < -0.4 is 10.6 Å². The molecule has 1 saturated carbocycles. The highest BCUT2D eigenvalue weighted by atomic mass is 16.6. The average Bonchev–Trinajstić information content (AvgIpc) is 2.49. The second kappa shape index (κ2) is 9.31. The first-order valence-corrected chi connectivity index (χ1v) is 8.18. The fraction of sp³-hybridized carbons (Fsp3) is 0.688. The van der Waals surface area contributed by atoms with Crippen molar-refractivity contribution in [2.24, 2.45) is 0 Å². The maximum atomic E-state index is 11.6. The summed E-state index contributed by atoms with van der Waals surface area (Å²) in [6, 6.07) is -2.47. The van der Waals surface area contributed by atoms with Crippen LogP contribution in [0.1, 0.15) is 34.6 Å². The Morgan fingerprint density at radius 1 is 0.630 bits per heavy atom. The van der Waals surface area contributed by atoms with E-state index in [9.17, 15) is 29.1 Å². The van der Waals surface area contributed by atoms with Crippen molar-refractivity contribution in [2.45, 2.75) is 71.1 Å². The predicted molar refractivity (Wildman–Crippen MR) is 87.9 cm³/mol. The molecule has 27 heavy (non-hydrogen) atoms. The van der Waals surface area contributed by atoms with Crippen molar-refractivity contribution in [1.82, 2.24) is 10.6 Å². The number of hydrogen-bond acceptors (Lipinski definition) is 9. The summed E-state index contributed by atoms with van der Waals surface area (Å²) < 4.78 is 15.5. The number of carbonyl (C=O) groups excluding carboxylic acids is 5. The molecule has 1 rings (SSSR count). The minimum atomic E-state index is -1.52. The minimum absolute atomic E-state index is 0.565. The zero-order chi connectivity index (χ0) is 20.9. The van der Waals surface area contributed by atoms with Gasteiger partial charge in [-0.15, -0.1) is 0 Å². The number of aliphatic hydroxyl groups excluding tert-OH is 1. The van der Waals surface area contributed by atoms with Gasteiger partial charge in [-0.05, 0) is 0 Å². The monoisotopic (exact) mass is 388 g/mol. The molecule has 1 fully saturated rings. The number of esters is 3. The van der Waals surface area contributed by atoms with Gasteiger partial charge in [0.25, 0.3) is 0 Å². The second-order valence-electron chi connectivity index (χ2n) is 6.17. The van der Waals surface area contributed by atoms with Crippen LogP contribution in [-0.2, 0) is 38.2 Å². The second-order valence-corrected chi connectivity index (χ2v) is 6.17. The van der Waals surface area contributed by atoms with Crippen LogP contribution in [0.3, 0.4) is 0 Å². The van der Waals surface area contributed by atoms with Crippen molar-refractivity contribution in [3.63, 3.8) is 0 Å². The number of nitrogens with one attached hydrogen (secondary N) is 2. The van der Waals surface area contributed by atoms with Gasteiger partial charge in [0.05, 0.1) is 12.1 Å². The van der Waals surface area contributed by atoms with Gasteiger partial charge in [0, 0.05) is 34.6 Å². The van der Waals surface area contributed by atoms with Crippen LogP contribution in [0, 0.1) is 0 Å². The van der Waals surface area contributed by atoms with Crippen LogP contribution in [0.25, 0.3) is 0 Å². The van der Waals surface area contributed by atoms with Gasteiger partial charge in [-0.1, -0.05) is 0 Å². The van der Waals surface area contributed by atoms with Crippen molar-refractivity contribution in [3.8, 4) is 0 Å². The Balaban J connectivity index is 3.46. The zero-order valence-corrected chi connectivity index (χ0v) is 15.7. The molecule has 0 saturated heterocycles. The number of rotatable bonds is 5. The van der Waals surface area contributed by atoms with Crippen LogP contribution in [0.5, 0.6) is 0 Å². The predicted octanol–water partition coefficient (Wildman–Crippen LogP) is -1.83. The fourth-order valence-corrected chi connectivity index (χ4v) is 3.00. The van der Waals surface area contributed by atoms with E-state index in [-0.39, 0.29) is 0 Å². The lowest BCUT2D eigenvalue weighted by molar-refractivity contribution is -0.208. The number of amides is 2. The van der Waals surface area contributed by atoms with Crippen LogP contribution in [0.15, 0.2) is 0 Å². The molecule has 0 aliphatic heterocycles. The molecule has 2 unspecified atom stereocenters. The van der Waals surface area contributed by atoms with E-state index in [4.69, 9.17) is 14.2 Å². The Kier molecular flexibility index (Phi) is 7.70. The van der Waals surface area contributed by atoms with E-state index in [1.54, 1.807) is 0 Å². The van der Waals surface area contributed by atoms with E-state index >= 15 is 0 Å². The first-order chi connectivity index (χ1) is 12.4. The molecule has 6 atom stereocenters. The third kappa shape index (κ3) is 6.20. The van der Waals surface area contributed by atoms with E-state index in [0.29, 0.717) is 0 Å². The molecule has 0 aromatic heterocycles. The standard InChI is InChI=1S/C16H24N2O9/c1-6(19)17-11-13(24)12(18-7(2)20)15(26-9(4)22)16(27-10(5)23)14(11)25-8(3)21/h11-16,24H,1-5H3,(H,17,19)(H,18,20)/t11-,12+,13?,14-,15+,16?. The van der Waals surface area contributed by atoms with Crippen LogP contribution in [-0.4, -0.2) is 71.3 Å². The summed E-state index contributed by atoms with van der Waals surface area (Å²) in [5.41, 5.74) is 0. The van der Waals surface area contributed by atoms with Gasteiger partial charge in [0.1, 0.15) is 6.10 Å². The molecule has 0 aromatic carbocycles. The van der Waals surface area contributed by atoms with Crippen molar-refractivity contribution in [2.75, 3.05) is 0 Å². The topological polar surface area (TPSA) is 157 Å². The Hall–Kier alpha value is -2.69. The quantitative estimate of drug-likeness (QED) is 0.364. The van der Waals surface area contributed by atoms with Crippen molar-refractivity contribution in [3.05, 3.63) is 0 Å². The van der Waals surface area contributed by atoms with E-state index in [0.717, 1.165) is 20.8 Å². The summed E-state index contributed by atoms with van der Waals surface area (Å²) in [5.74, 6) is -3.47. The molecular formula is C16H24N2O9. The number of aliphatic hydroxyl groups is 1. The van der Waals surface area contributed by atoms with Crippen molar-refractivity contribution >= 4 is 29.7 Å². The molecule has 152 valence electrons. The van der Waals surface area contributed by atoms with Gasteiger partial charge in [0.2, 0.25) is 11.8 Å². The Morgan fingerprint density at radius 3 is 1.19 bits per heavy atom. The molecule has 0 bridgehead atoms. The highest BCUT2D eigenvalue weighted by Gasteiger charge is 2.56. The molecule has 0 spiro atoms. The lowest BCUT2D eigenvalue weighted by Crippen LogP contribution is -2.73. The lowest BCUT2D eigenvalue weighted by Gasteiger charge is -2.47. The Bertz CT molecular complexity index is 577. The van der Waals surface area contributed by atoms with E-state index in [1.807, 2.05) is 0 Å². The minimum Gasteiger partial charge on any atom is -0.456 e. The highest BCUT2D eigenvalue weighted by molar-refractivity contribution is 5.75. The lowest BCUT2D eigenvalue weighted by atomic mass is 9.80. The smallest absolute Gasteiger partial charge is 0.303 e. The van der Waals surface area contributed by atoms with Crippen molar-refractivity contribution in [1.29, 1.82) is 0 Å². The molecule has 11 heteroatoms. The van der Waals surface area contributed by atoms with Gasteiger partial charge in [-0.2, -0.15) is 0 Å². The molecule has 1 aliphatic rings. The summed E-state index contributed by atoms with van der Waals surface area (Å²) in [7, 11) is 0. The first kappa shape index (κ1) is 22.4. The van der Waals surface area contributed by atoms with E-state index in [2.05, 4.69) is 10.6 Å². The Morgan fingerprint density at radius 2 is 0.926 bits per heavy atom. The van der Waals surface area contributed by atoms with Gasteiger partial charge < -0.3 is 30.0 Å². The Labute approximate surface area is 155 Å². The van der Waals surface area contributed by atoms with Crippen LogP contribution in [0.2, 0.25) is 0 Å². The van der Waals surface area contributed by atoms with E-state index in [1.165, 1.54) is 13.8 Å². The van der Waals surface area contributed by atoms with Gasteiger partial charge in [-0.25, -0.2) is 0 Å². The van der Waals surface area contributed by atoms with Crippen LogP contribution in [0.4, 0.5) is 0 Å².